The SMILES string of the molecule is CCCO[C@@H]1CCCN(CC(=O)N2CC[C@H](c3cc(=O)n4c(n3)CCCCC4)C2)C1. The molecule has 0 radical (unpaired) electrons. The van der Waals surface area contributed by atoms with Gasteiger partial charge in [-0.25, -0.2) is 4.98 Å². The van der Waals surface area contributed by atoms with Crippen LogP contribution in [0.15, 0.2) is 10.9 Å². The molecule has 4 rings (SSSR count). The van der Waals surface area contributed by atoms with Gasteiger partial charge < -0.3 is 9.64 Å². The fraction of sp³-hybridized carbons (Fsp3) is 0.783. The second kappa shape index (κ2) is 10.1. The summed E-state index contributed by atoms with van der Waals surface area (Å²) in [5, 5.41) is 0. The number of amides is 1. The Bertz CT molecular complexity index is 793. The molecule has 1 aromatic heterocycles. The fourth-order valence-corrected chi connectivity index (χ4v) is 5.04. The first-order valence-electron chi connectivity index (χ1n) is 11.9. The number of ether oxygens (including phenoxy) is 1. The van der Waals surface area contributed by atoms with Gasteiger partial charge in [0.25, 0.3) is 5.56 Å². The summed E-state index contributed by atoms with van der Waals surface area (Å²) in [6.07, 6.45) is 8.57. The lowest BCUT2D eigenvalue weighted by Gasteiger charge is -2.33. The highest BCUT2D eigenvalue weighted by molar-refractivity contribution is 5.78. The van der Waals surface area contributed by atoms with E-state index in [2.05, 4.69) is 11.8 Å². The lowest BCUT2D eigenvalue weighted by atomic mass is 10.0. The van der Waals surface area contributed by atoms with Crippen molar-refractivity contribution in [1.29, 1.82) is 0 Å². The van der Waals surface area contributed by atoms with Crippen LogP contribution in [-0.2, 0) is 22.5 Å². The summed E-state index contributed by atoms with van der Waals surface area (Å²) in [5.41, 5.74) is 0.961. The van der Waals surface area contributed by atoms with Crippen molar-refractivity contribution in [2.45, 2.75) is 76.9 Å². The van der Waals surface area contributed by atoms with Gasteiger partial charge in [-0.2, -0.15) is 0 Å². The maximum Gasteiger partial charge on any atom is 0.253 e. The van der Waals surface area contributed by atoms with Crippen molar-refractivity contribution in [3.05, 3.63) is 27.9 Å². The van der Waals surface area contributed by atoms with Crippen LogP contribution in [0.25, 0.3) is 0 Å². The molecule has 0 bridgehead atoms. The minimum absolute atomic E-state index is 0.0770. The van der Waals surface area contributed by atoms with Crippen molar-refractivity contribution < 1.29 is 9.53 Å². The molecule has 3 aliphatic rings. The smallest absolute Gasteiger partial charge is 0.253 e. The molecule has 7 heteroatoms. The maximum atomic E-state index is 12.9. The molecule has 0 N–H and O–H groups in total. The van der Waals surface area contributed by atoms with Gasteiger partial charge >= 0.3 is 0 Å². The maximum absolute atomic E-state index is 12.9. The highest BCUT2D eigenvalue weighted by Crippen LogP contribution is 2.26. The summed E-state index contributed by atoms with van der Waals surface area (Å²) >= 11 is 0. The van der Waals surface area contributed by atoms with Crippen molar-refractivity contribution in [3.8, 4) is 0 Å². The Balaban J connectivity index is 1.34. The normalized spacial score (nSPS) is 25.2. The number of fused-ring (bicyclic) bond motifs is 1. The van der Waals surface area contributed by atoms with Crippen LogP contribution in [0.4, 0.5) is 0 Å². The Morgan fingerprint density at radius 3 is 2.90 bits per heavy atom. The molecule has 2 fully saturated rings. The molecule has 30 heavy (non-hydrogen) atoms. The number of hydrogen-bond donors (Lipinski definition) is 0. The quantitative estimate of drug-likeness (QED) is 0.711. The van der Waals surface area contributed by atoms with Gasteiger partial charge in [-0.05, 0) is 45.1 Å². The number of aryl methyl sites for hydroxylation is 1. The summed E-state index contributed by atoms with van der Waals surface area (Å²) < 4.78 is 7.75. The molecule has 2 atom stereocenters. The van der Waals surface area contributed by atoms with Gasteiger partial charge in [0.1, 0.15) is 5.82 Å². The van der Waals surface area contributed by atoms with E-state index in [1.807, 2.05) is 9.47 Å². The van der Waals surface area contributed by atoms with Gasteiger partial charge in [0.05, 0.1) is 18.3 Å². The number of rotatable bonds is 6. The van der Waals surface area contributed by atoms with Gasteiger partial charge in [-0.1, -0.05) is 13.3 Å². The number of aromatic nitrogens is 2. The molecule has 1 aromatic rings. The zero-order valence-electron chi connectivity index (χ0n) is 18.4. The average molecular weight is 417 g/mol. The molecule has 166 valence electrons. The largest absolute Gasteiger partial charge is 0.377 e. The van der Waals surface area contributed by atoms with Gasteiger partial charge in [0.15, 0.2) is 0 Å². The van der Waals surface area contributed by atoms with E-state index in [1.54, 1.807) is 6.07 Å². The number of carbonyl (C=O) groups is 1. The monoisotopic (exact) mass is 416 g/mol. The number of carbonyl (C=O) groups excluding carboxylic acids is 1. The van der Waals surface area contributed by atoms with Crippen LogP contribution < -0.4 is 5.56 Å². The van der Waals surface area contributed by atoms with E-state index in [9.17, 15) is 9.59 Å². The predicted octanol–water partition coefficient (Wildman–Crippen LogP) is 2.18. The minimum atomic E-state index is 0.0770. The van der Waals surface area contributed by atoms with Crippen molar-refractivity contribution in [2.24, 2.45) is 0 Å². The van der Waals surface area contributed by atoms with E-state index < -0.39 is 0 Å². The van der Waals surface area contributed by atoms with Crippen LogP contribution >= 0.6 is 0 Å². The molecule has 0 unspecified atom stereocenters. The summed E-state index contributed by atoms with van der Waals surface area (Å²) in [4.78, 5) is 34.6. The van der Waals surface area contributed by atoms with Crippen molar-refractivity contribution in [2.75, 3.05) is 39.3 Å². The van der Waals surface area contributed by atoms with Crippen molar-refractivity contribution >= 4 is 5.91 Å². The summed E-state index contributed by atoms with van der Waals surface area (Å²) in [7, 11) is 0. The molecule has 7 nitrogen and oxygen atoms in total. The lowest BCUT2D eigenvalue weighted by molar-refractivity contribution is -0.132. The second-order valence-corrected chi connectivity index (χ2v) is 9.09. The molecule has 0 saturated carbocycles. The van der Waals surface area contributed by atoms with E-state index in [1.165, 1.54) is 0 Å². The Kier molecular flexibility index (Phi) is 7.20. The third-order valence-electron chi connectivity index (χ3n) is 6.73. The number of likely N-dealkylation sites (tertiary alicyclic amines) is 2. The molecule has 1 amide bonds. The van der Waals surface area contributed by atoms with Crippen molar-refractivity contribution in [1.82, 2.24) is 19.4 Å². The number of piperidine rings is 1. The predicted molar refractivity (Wildman–Crippen MR) is 116 cm³/mol. The summed E-state index contributed by atoms with van der Waals surface area (Å²) in [6, 6.07) is 1.72. The molecule has 0 spiro atoms. The highest BCUT2D eigenvalue weighted by atomic mass is 16.5. The van der Waals surface area contributed by atoms with E-state index in [0.717, 1.165) is 95.7 Å². The summed E-state index contributed by atoms with van der Waals surface area (Å²) in [6.45, 7) is 7.44. The van der Waals surface area contributed by atoms with Crippen molar-refractivity contribution in [3.63, 3.8) is 0 Å². The van der Waals surface area contributed by atoms with Crippen LogP contribution in [0.2, 0.25) is 0 Å². The van der Waals surface area contributed by atoms with Crippen LogP contribution in [0.5, 0.6) is 0 Å². The van der Waals surface area contributed by atoms with Gasteiger partial charge in [0, 0.05) is 51.2 Å². The standard InChI is InChI=1S/C23H36N4O3/c1-2-13-30-19-7-6-10-25(16-19)17-23(29)26-12-9-18(15-26)20-14-22(28)27-11-5-3-4-8-21(27)24-20/h14,18-19H,2-13,15-17H2,1H3/t18-,19+/m0/s1. The van der Waals surface area contributed by atoms with Crippen LogP contribution in [-0.4, -0.2) is 70.7 Å². The van der Waals surface area contributed by atoms with E-state index in [0.29, 0.717) is 13.1 Å². The molecule has 4 heterocycles. The molecule has 0 aliphatic carbocycles. The van der Waals surface area contributed by atoms with Crippen LogP contribution in [0.3, 0.4) is 0 Å². The number of hydrogen-bond acceptors (Lipinski definition) is 5. The highest BCUT2D eigenvalue weighted by Gasteiger charge is 2.31. The Morgan fingerprint density at radius 2 is 2.03 bits per heavy atom. The topological polar surface area (TPSA) is 67.7 Å². The Hall–Kier alpha value is -1.73. The Labute approximate surface area is 179 Å². The zero-order chi connectivity index (χ0) is 20.9. The molecular formula is C23H36N4O3. The molecular weight excluding hydrogens is 380 g/mol. The average Bonchev–Trinajstić information content (AvgIpc) is 3.12. The first kappa shape index (κ1) is 21.5. The first-order chi connectivity index (χ1) is 14.6. The van der Waals surface area contributed by atoms with Gasteiger partial charge in [-0.3, -0.25) is 19.1 Å². The fourth-order valence-electron chi connectivity index (χ4n) is 5.04. The minimum Gasteiger partial charge on any atom is -0.377 e. The Morgan fingerprint density at radius 1 is 1.13 bits per heavy atom. The lowest BCUT2D eigenvalue weighted by Crippen LogP contribution is -2.45. The van der Waals surface area contributed by atoms with E-state index in [4.69, 9.17) is 9.72 Å². The van der Waals surface area contributed by atoms with Gasteiger partial charge in [-0.15, -0.1) is 0 Å². The first-order valence-corrected chi connectivity index (χ1v) is 11.9. The zero-order valence-corrected chi connectivity index (χ0v) is 18.4. The summed E-state index contributed by atoms with van der Waals surface area (Å²) in [5.74, 6) is 1.31. The second-order valence-electron chi connectivity index (χ2n) is 9.09. The van der Waals surface area contributed by atoms with Crippen LogP contribution in [0, 0.1) is 0 Å². The van der Waals surface area contributed by atoms with Crippen LogP contribution in [0.1, 0.15) is 69.3 Å². The third kappa shape index (κ3) is 5.11. The third-order valence-corrected chi connectivity index (χ3v) is 6.73. The number of nitrogens with zero attached hydrogens (tertiary/aromatic N) is 4. The van der Waals surface area contributed by atoms with E-state index >= 15 is 0 Å². The van der Waals surface area contributed by atoms with Gasteiger partial charge in [0.2, 0.25) is 5.91 Å². The molecule has 0 aromatic carbocycles. The molecule has 2 saturated heterocycles. The van der Waals surface area contributed by atoms with E-state index in [-0.39, 0.29) is 23.5 Å². The molecule has 3 aliphatic heterocycles.